The largest absolute Gasteiger partial charge is 0.497 e. The Morgan fingerprint density at radius 1 is 0.844 bits per heavy atom. The Kier molecular flexibility index (Phi) is 11.1. The molecule has 2 N–H and O–H groups in total. The topological polar surface area (TPSA) is 136 Å². The van der Waals surface area contributed by atoms with Crippen molar-refractivity contribution in [3.05, 3.63) is 114 Å². The lowest BCUT2D eigenvalue weighted by atomic mass is 10.1. The molecule has 0 radical (unpaired) electrons. The highest BCUT2D eigenvalue weighted by Gasteiger charge is 2.29. The second-order valence-corrected chi connectivity index (χ2v) is 11.6. The quantitative estimate of drug-likeness (QED) is 0.157. The first-order valence-electron chi connectivity index (χ1n) is 13.9. The predicted octanol–water partition coefficient (Wildman–Crippen LogP) is 4.31. The van der Waals surface area contributed by atoms with Crippen molar-refractivity contribution >= 4 is 33.7 Å². The number of anilines is 1. The first-order valence-corrected chi connectivity index (χ1v) is 15.3. The highest BCUT2D eigenvalue weighted by atomic mass is 32.2. The molecule has 0 aliphatic rings. The normalized spacial score (nSPS) is 11.8. The van der Waals surface area contributed by atoms with Gasteiger partial charge in [-0.25, -0.2) is 13.8 Å². The molecule has 12 heteroatoms. The molecule has 0 aliphatic carbocycles. The van der Waals surface area contributed by atoms with Crippen molar-refractivity contribution in [1.29, 1.82) is 0 Å². The van der Waals surface area contributed by atoms with E-state index in [1.807, 2.05) is 37.3 Å². The summed E-state index contributed by atoms with van der Waals surface area (Å²) in [4.78, 5) is 25.2. The highest BCUT2D eigenvalue weighted by Crippen LogP contribution is 2.35. The number of hydrazone groups is 1. The van der Waals surface area contributed by atoms with E-state index < -0.39 is 22.5 Å². The van der Waals surface area contributed by atoms with Gasteiger partial charge in [-0.15, -0.1) is 0 Å². The van der Waals surface area contributed by atoms with Crippen LogP contribution in [0, 0.1) is 0 Å². The molecule has 11 nitrogen and oxygen atoms in total. The van der Waals surface area contributed by atoms with Crippen molar-refractivity contribution in [2.75, 3.05) is 31.7 Å². The molecule has 4 aromatic carbocycles. The second-order valence-electron chi connectivity index (χ2n) is 9.71. The fraction of sp³-hybridized carbons (Fsp3) is 0.182. The van der Waals surface area contributed by atoms with E-state index in [1.54, 1.807) is 48.5 Å². The van der Waals surface area contributed by atoms with Crippen LogP contribution in [0.1, 0.15) is 24.1 Å². The Bertz CT molecular complexity index is 1720. The van der Waals surface area contributed by atoms with Gasteiger partial charge in [-0.05, 0) is 66.6 Å². The van der Waals surface area contributed by atoms with Gasteiger partial charge in [0.05, 0.1) is 37.1 Å². The van der Waals surface area contributed by atoms with Crippen LogP contribution in [0.4, 0.5) is 5.69 Å². The number of benzene rings is 4. The second kappa shape index (κ2) is 15.4. The lowest BCUT2D eigenvalue weighted by Crippen LogP contribution is -2.39. The third-order valence-electron chi connectivity index (χ3n) is 6.60. The molecule has 0 bridgehead atoms. The maximum Gasteiger partial charge on any atom is 0.264 e. The Morgan fingerprint density at radius 2 is 1.49 bits per heavy atom. The van der Waals surface area contributed by atoms with Gasteiger partial charge >= 0.3 is 0 Å². The zero-order valence-electron chi connectivity index (χ0n) is 25.0. The van der Waals surface area contributed by atoms with E-state index >= 15 is 0 Å². The van der Waals surface area contributed by atoms with E-state index in [0.717, 1.165) is 9.87 Å². The number of hydrogen-bond donors (Lipinski definition) is 2. The van der Waals surface area contributed by atoms with Crippen LogP contribution in [0.5, 0.6) is 17.2 Å². The number of methoxy groups -OCH3 is 2. The molecule has 0 heterocycles. The molecule has 2 amide bonds. The summed E-state index contributed by atoms with van der Waals surface area (Å²) in [6.07, 6.45) is 1.40. The molecule has 0 aliphatic heterocycles. The summed E-state index contributed by atoms with van der Waals surface area (Å²) >= 11 is 0. The van der Waals surface area contributed by atoms with Gasteiger partial charge in [0.25, 0.3) is 21.8 Å². The van der Waals surface area contributed by atoms with Crippen LogP contribution >= 0.6 is 0 Å². The van der Waals surface area contributed by atoms with Crippen molar-refractivity contribution in [3.8, 4) is 17.2 Å². The molecule has 45 heavy (non-hydrogen) atoms. The zero-order chi connectivity index (χ0) is 32.2. The fourth-order valence-electron chi connectivity index (χ4n) is 4.26. The lowest BCUT2D eigenvalue weighted by molar-refractivity contribution is -0.123. The summed E-state index contributed by atoms with van der Waals surface area (Å²) in [6.45, 7) is 1.17. The van der Waals surface area contributed by atoms with Gasteiger partial charge in [0, 0.05) is 6.07 Å². The Morgan fingerprint density at radius 3 is 2.13 bits per heavy atom. The van der Waals surface area contributed by atoms with Crippen LogP contribution in [0.25, 0.3) is 0 Å². The molecule has 0 saturated carbocycles. The Hall–Kier alpha value is -5.36. The summed E-state index contributed by atoms with van der Waals surface area (Å²) < 4.78 is 44.4. The van der Waals surface area contributed by atoms with Gasteiger partial charge in [-0.2, -0.15) is 5.10 Å². The number of ether oxygens (including phenoxy) is 3. The molecule has 0 unspecified atom stereocenters. The van der Waals surface area contributed by atoms with E-state index in [-0.39, 0.29) is 34.9 Å². The Balaban J connectivity index is 1.37. The van der Waals surface area contributed by atoms with Crippen molar-refractivity contribution in [2.24, 2.45) is 5.10 Å². The van der Waals surface area contributed by atoms with Crippen LogP contribution in [-0.4, -0.2) is 53.8 Å². The van der Waals surface area contributed by atoms with Crippen LogP contribution in [-0.2, 0) is 19.6 Å². The molecule has 4 rings (SSSR count). The van der Waals surface area contributed by atoms with E-state index in [1.165, 1.54) is 44.7 Å². The monoisotopic (exact) mass is 630 g/mol. The van der Waals surface area contributed by atoms with E-state index in [9.17, 15) is 18.0 Å². The predicted molar refractivity (Wildman–Crippen MR) is 171 cm³/mol. The molecule has 0 aromatic heterocycles. The maximum atomic E-state index is 13.6. The minimum Gasteiger partial charge on any atom is -0.497 e. The average molecular weight is 631 g/mol. The van der Waals surface area contributed by atoms with Crippen LogP contribution in [0.3, 0.4) is 0 Å². The molecule has 234 valence electrons. The van der Waals surface area contributed by atoms with E-state index in [0.29, 0.717) is 17.1 Å². The van der Waals surface area contributed by atoms with E-state index in [2.05, 4.69) is 15.8 Å². The number of carbonyl (C=O) groups excluding carboxylic acids is 2. The van der Waals surface area contributed by atoms with Crippen molar-refractivity contribution < 1.29 is 32.2 Å². The number of sulfonamides is 1. The number of nitrogens with one attached hydrogen (secondary N) is 2. The van der Waals surface area contributed by atoms with Gasteiger partial charge in [-0.1, -0.05) is 48.5 Å². The summed E-state index contributed by atoms with van der Waals surface area (Å²) in [7, 11) is -1.28. The van der Waals surface area contributed by atoms with Gasteiger partial charge < -0.3 is 19.5 Å². The zero-order valence-corrected chi connectivity index (χ0v) is 25.9. The summed E-state index contributed by atoms with van der Waals surface area (Å²) in [5.41, 5.74) is 4.16. The molecular formula is C33H34N4O7S. The number of nitrogens with zero attached hydrogens (tertiary/aromatic N) is 2. The van der Waals surface area contributed by atoms with Crippen LogP contribution < -0.4 is 29.3 Å². The smallest absolute Gasteiger partial charge is 0.264 e. The van der Waals surface area contributed by atoms with Gasteiger partial charge in [0.1, 0.15) is 23.8 Å². The maximum absolute atomic E-state index is 13.6. The Labute approximate surface area is 262 Å². The molecule has 1 atom stereocenters. The van der Waals surface area contributed by atoms with E-state index in [4.69, 9.17) is 14.2 Å². The van der Waals surface area contributed by atoms with Gasteiger partial charge in [-0.3, -0.25) is 13.9 Å². The average Bonchev–Trinajstić information content (AvgIpc) is 3.07. The number of hydrogen-bond acceptors (Lipinski definition) is 8. The lowest BCUT2D eigenvalue weighted by Gasteiger charge is -2.25. The van der Waals surface area contributed by atoms with Crippen LogP contribution in [0.15, 0.2) is 113 Å². The standard InChI is InChI=1S/C33H34N4O7S/c1-24(26-10-6-4-7-11-26)35-33(39)23-44-27-16-14-25(15-17-27)21-34-36-32(38)22-37(45(40,41)29-12-8-5-9-13-29)30-19-18-28(42-2)20-31(30)43-3/h4-21,24H,22-23H2,1-3H3,(H,35,39)(H,36,38)/b34-21-/t24-/m0/s1. The minimum atomic E-state index is -4.16. The molecule has 0 fully saturated rings. The number of rotatable bonds is 14. The first kappa shape index (κ1) is 32.6. The van der Waals surface area contributed by atoms with Crippen LogP contribution in [0.2, 0.25) is 0 Å². The summed E-state index contributed by atoms with van der Waals surface area (Å²) in [5, 5.41) is 6.87. The summed E-state index contributed by atoms with van der Waals surface area (Å²) in [5.74, 6) is 0.207. The van der Waals surface area contributed by atoms with Gasteiger partial charge in [0.2, 0.25) is 0 Å². The third-order valence-corrected chi connectivity index (χ3v) is 8.38. The number of amides is 2. The number of carbonyl (C=O) groups is 2. The minimum absolute atomic E-state index is 0.00432. The first-order chi connectivity index (χ1) is 21.7. The highest BCUT2D eigenvalue weighted by molar-refractivity contribution is 7.92. The third kappa shape index (κ3) is 8.83. The van der Waals surface area contributed by atoms with Crippen molar-refractivity contribution in [3.63, 3.8) is 0 Å². The van der Waals surface area contributed by atoms with Crippen molar-refractivity contribution in [2.45, 2.75) is 17.9 Å². The SMILES string of the molecule is COc1ccc(N(CC(=O)N/N=C\c2ccc(OCC(=O)N[C@@H](C)c3ccccc3)cc2)S(=O)(=O)c2ccccc2)c(OC)c1. The molecule has 0 saturated heterocycles. The molecule has 0 spiro atoms. The fourth-order valence-corrected chi connectivity index (χ4v) is 5.71. The molecule has 4 aromatic rings. The van der Waals surface area contributed by atoms with Gasteiger partial charge in [0.15, 0.2) is 6.61 Å². The molecular weight excluding hydrogens is 596 g/mol. The van der Waals surface area contributed by atoms with Crippen molar-refractivity contribution in [1.82, 2.24) is 10.7 Å². The summed E-state index contributed by atoms with van der Waals surface area (Å²) in [6, 6.07) is 28.6.